The normalized spacial score (nSPS) is 14.6. The summed E-state index contributed by atoms with van der Waals surface area (Å²) >= 11 is 0. The fourth-order valence-electron chi connectivity index (χ4n) is 5.89. The van der Waals surface area contributed by atoms with E-state index in [-0.39, 0.29) is 5.69 Å². The molecule has 204 valence electrons. The Labute approximate surface area is 237 Å². The van der Waals surface area contributed by atoms with Crippen molar-refractivity contribution in [2.24, 2.45) is 0 Å². The van der Waals surface area contributed by atoms with Crippen molar-refractivity contribution in [3.8, 4) is 22.5 Å². The van der Waals surface area contributed by atoms with Crippen molar-refractivity contribution in [1.82, 2.24) is 24.8 Å². The van der Waals surface area contributed by atoms with Gasteiger partial charge in [-0.3, -0.25) is 4.90 Å². The number of nitrogen functional groups attached to an aromatic ring is 2. The average molecular weight is 542 g/mol. The number of hydrogen-bond acceptors (Lipinski definition) is 6. The van der Waals surface area contributed by atoms with Gasteiger partial charge in [0.25, 0.3) is 0 Å². The highest BCUT2D eigenvalue weighted by atomic mass is 16.1. The van der Waals surface area contributed by atoms with Crippen molar-refractivity contribution in [2.45, 2.75) is 25.3 Å². The maximum atomic E-state index is 11.6. The molecular weight excluding hydrogens is 510 g/mol. The number of H-pyrrole nitrogens is 2. The van der Waals surface area contributed by atoms with Crippen LogP contribution in [-0.4, -0.2) is 37.9 Å². The van der Waals surface area contributed by atoms with E-state index in [0.29, 0.717) is 17.3 Å². The van der Waals surface area contributed by atoms with E-state index in [0.717, 1.165) is 77.1 Å². The number of aromatic amines is 2. The lowest BCUT2D eigenvalue weighted by Gasteiger charge is -2.32. The SMILES string of the molecule is Nc1cc2nc(-c3ccccc3)c(-c3ccc(CN4CCC(c5ccc6[nH]c(=O)[nH]c6c5)CC4)cc3)nc2cc1N. The molecule has 6 N–H and O–H groups in total. The molecule has 8 heteroatoms. The second-order valence-corrected chi connectivity index (χ2v) is 10.9. The fraction of sp³-hybridized carbons (Fsp3) is 0.182. The van der Waals surface area contributed by atoms with Gasteiger partial charge in [-0.15, -0.1) is 0 Å². The van der Waals surface area contributed by atoms with Crippen molar-refractivity contribution < 1.29 is 0 Å². The predicted octanol–water partition coefficient (Wildman–Crippen LogP) is 5.68. The van der Waals surface area contributed by atoms with E-state index in [1.807, 2.05) is 36.4 Å². The van der Waals surface area contributed by atoms with Crippen LogP contribution in [0.4, 0.5) is 11.4 Å². The van der Waals surface area contributed by atoms with E-state index in [2.05, 4.69) is 51.3 Å². The van der Waals surface area contributed by atoms with E-state index >= 15 is 0 Å². The predicted molar refractivity (Wildman–Crippen MR) is 165 cm³/mol. The van der Waals surface area contributed by atoms with Crippen LogP contribution in [0.25, 0.3) is 44.6 Å². The maximum Gasteiger partial charge on any atom is 0.323 e. The van der Waals surface area contributed by atoms with E-state index in [9.17, 15) is 4.79 Å². The molecule has 6 aromatic rings. The number of aromatic nitrogens is 4. The number of imidazole rings is 1. The molecular formula is C33H31N7O. The molecule has 0 spiro atoms. The molecule has 2 aromatic heterocycles. The molecule has 0 aliphatic carbocycles. The summed E-state index contributed by atoms with van der Waals surface area (Å²) in [5, 5.41) is 0. The molecule has 0 bridgehead atoms. The van der Waals surface area contributed by atoms with Crippen LogP contribution < -0.4 is 17.2 Å². The molecule has 1 fully saturated rings. The topological polar surface area (TPSA) is 130 Å². The number of anilines is 2. The molecule has 41 heavy (non-hydrogen) atoms. The summed E-state index contributed by atoms with van der Waals surface area (Å²) in [6, 6.07) is 28.6. The molecule has 4 aromatic carbocycles. The molecule has 1 aliphatic heterocycles. The number of nitrogens with zero attached hydrogens (tertiary/aromatic N) is 3. The molecule has 7 rings (SSSR count). The van der Waals surface area contributed by atoms with Crippen LogP contribution in [0.15, 0.2) is 89.7 Å². The van der Waals surface area contributed by atoms with Crippen LogP contribution in [0, 0.1) is 0 Å². The van der Waals surface area contributed by atoms with Crippen molar-refractivity contribution in [3.05, 3.63) is 107 Å². The zero-order valence-electron chi connectivity index (χ0n) is 22.6. The van der Waals surface area contributed by atoms with Crippen LogP contribution in [0.5, 0.6) is 0 Å². The monoisotopic (exact) mass is 541 g/mol. The fourth-order valence-corrected chi connectivity index (χ4v) is 5.89. The smallest absolute Gasteiger partial charge is 0.323 e. The van der Waals surface area contributed by atoms with E-state index in [1.54, 1.807) is 12.1 Å². The Hall–Kier alpha value is -4.95. The Morgan fingerprint density at radius 2 is 1.34 bits per heavy atom. The lowest BCUT2D eigenvalue weighted by molar-refractivity contribution is 0.204. The number of fused-ring (bicyclic) bond motifs is 2. The van der Waals surface area contributed by atoms with Crippen LogP contribution in [-0.2, 0) is 6.54 Å². The van der Waals surface area contributed by atoms with Gasteiger partial charge in [0.1, 0.15) is 0 Å². The quantitative estimate of drug-likeness (QED) is 0.208. The first-order valence-electron chi connectivity index (χ1n) is 14.0. The summed E-state index contributed by atoms with van der Waals surface area (Å²) in [5.41, 5.74) is 22.4. The number of hydrogen-bond donors (Lipinski definition) is 4. The zero-order valence-corrected chi connectivity index (χ0v) is 22.6. The van der Waals surface area contributed by atoms with Gasteiger partial charge in [-0.1, -0.05) is 60.7 Å². The molecule has 0 amide bonds. The number of likely N-dealkylation sites (tertiary alicyclic amines) is 1. The standard InChI is InChI=1S/C33H31N7O/c34-25-17-29-30(18-26(25)35)37-32(31(36-29)22-4-2-1-3-5-22)23-8-6-20(7-9-23)19-40-14-12-21(13-15-40)24-10-11-27-28(16-24)39-33(41)38-27/h1-11,16-18,21H,12-15,19,34-35H2,(H2,38,39,41). The minimum Gasteiger partial charge on any atom is -0.397 e. The van der Waals surface area contributed by atoms with Gasteiger partial charge in [0, 0.05) is 17.7 Å². The molecule has 3 heterocycles. The summed E-state index contributed by atoms with van der Waals surface area (Å²) in [6.45, 7) is 2.97. The lowest BCUT2D eigenvalue weighted by Crippen LogP contribution is -2.32. The van der Waals surface area contributed by atoms with Crippen LogP contribution in [0.2, 0.25) is 0 Å². The largest absolute Gasteiger partial charge is 0.397 e. The minimum absolute atomic E-state index is 0.156. The van der Waals surface area contributed by atoms with Gasteiger partial charge in [-0.2, -0.15) is 0 Å². The Kier molecular flexibility index (Phi) is 6.24. The third-order valence-electron chi connectivity index (χ3n) is 8.15. The Bertz CT molecular complexity index is 1920. The Morgan fingerprint density at radius 1 is 0.732 bits per heavy atom. The van der Waals surface area contributed by atoms with Crippen molar-refractivity contribution in [1.29, 1.82) is 0 Å². The van der Waals surface area contributed by atoms with E-state index in [4.69, 9.17) is 21.4 Å². The number of rotatable bonds is 5. The van der Waals surface area contributed by atoms with Crippen molar-refractivity contribution in [2.75, 3.05) is 24.6 Å². The van der Waals surface area contributed by atoms with Crippen LogP contribution >= 0.6 is 0 Å². The second kappa shape index (κ2) is 10.2. The number of nitrogens with one attached hydrogen (secondary N) is 2. The first-order chi connectivity index (χ1) is 20.0. The Balaban J connectivity index is 1.10. The molecule has 0 radical (unpaired) electrons. The summed E-state index contributed by atoms with van der Waals surface area (Å²) in [7, 11) is 0. The maximum absolute atomic E-state index is 11.6. The number of benzene rings is 4. The molecule has 8 nitrogen and oxygen atoms in total. The number of piperidine rings is 1. The zero-order chi connectivity index (χ0) is 27.9. The second-order valence-electron chi connectivity index (χ2n) is 10.9. The highest BCUT2D eigenvalue weighted by Gasteiger charge is 2.21. The Morgan fingerprint density at radius 3 is 2.00 bits per heavy atom. The van der Waals surface area contributed by atoms with Crippen LogP contribution in [0.1, 0.15) is 29.9 Å². The molecule has 1 saturated heterocycles. The third-order valence-corrected chi connectivity index (χ3v) is 8.15. The summed E-state index contributed by atoms with van der Waals surface area (Å²) in [4.78, 5) is 29.8. The van der Waals surface area contributed by atoms with Gasteiger partial charge in [-0.25, -0.2) is 14.8 Å². The lowest BCUT2D eigenvalue weighted by atomic mass is 9.89. The molecule has 1 aliphatic rings. The van der Waals surface area contributed by atoms with Crippen molar-refractivity contribution >= 4 is 33.4 Å². The summed E-state index contributed by atoms with van der Waals surface area (Å²) in [5.74, 6) is 0.503. The van der Waals surface area contributed by atoms with E-state index < -0.39 is 0 Å². The summed E-state index contributed by atoms with van der Waals surface area (Å²) < 4.78 is 0. The third kappa shape index (κ3) is 4.94. The van der Waals surface area contributed by atoms with Gasteiger partial charge >= 0.3 is 5.69 Å². The first kappa shape index (κ1) is 25.0. The van der Waals surface area contributed by atoms with Crippen molar-refractivity contribution in [3.63, 3.8) is 0 Å². The molecule has 0 unspecified atom stereocenters. The highest BCUT2D eigenvalue weighted by molar-refractivity contribution is 5.90. The summed E-state index contributed by atoms with van der Waals surface area (Å²) in [6.07, 6.45) is 2.19. The molecule has 0 saturated carbocycles. The minimum atomic E-state index is -0.156. The average Bonchev–Trinajstić information content (AvgIpc) is 3.38. The first-order valence-corrected chi connectivity index (χ1v) is 14.0. The van der Waals surface area contributed by atoms with Gasteiger partial charge < -0.3 is 21.4 Å². The van der Waals surface area contributed by atoms with Crippen LogP contribution in [0.3, 0.4) is 0 Å². The van der Waals surface area contributed by atoms with Gasteiger partial charge in [0.15, 0.2) is 0 Å². The highest BCUT2D eigenvalue weighted by Crippen LogP contribution is 2.34. The van der Waals surface area contributed by atoms with Gasteiger partial charge in [-0.05, 0) is 67.2 Å². The van der Waals surface area contributed by atoms with E-state index in [1.165, 1.54) is 11.1 Å². The van der Waals surface area contributed by atoms with Gasteiger partial charge in [0.05, 0.1) is 44.8 Å². The van der Waals surface area contributed by atoms with Gasteiger partial charge in [0.2, 0.25) is 0 Å². The molecule has 0 atom stereocenters. The number of nitrogens with two attached hydrogens (primary N) is 2.